The predicted molar refractivity (Wildman–Crippen MR) is 75.6 cm³/mol. The Morgan fingerprint density at radius 1 is 1.35 bits per heavy atom. The molecule has 5 nitrogen and oxygen atoms in total. The number of aromatic nitrogens is 2. The standard InChI is InChI=1S/C14H14ClN3O2/c1-17-13(19)8-11(14(17)20)18-10-5-3-2-4-9(10)16-12(18)6-7-15/h2-5,11H,6-8H2,1H3. The van der Waals surface area contributed by atoms with Gasteiger partial charge in [-0.15, -0.1) is 11.6 Å². The van der Waals surface area contributed by atoms with Crippen LogP contribution < -0.4 is 0 Å². The van der Waals surface area contributed by atoms with Crippen molar-refractivity contribution in [3.8, 4) is 0 Å². The van der Waals surface area contributed by atoms with Gasteiger partial charge >= 0.3 is 0 Å². The van der Waals surface area contributed by atoms with Crippen molar-refractivity contribution in [1.29, 1.82) is 0 Å². The molecule has 2 heterocycles. The monoisotopic (exact) mass is 291 g/mol. The number of imide groups is 1. The Kier molecular flexibility index (Phi) is 3.22. The topological polar surface area (TPSA) is 55.2 Å². The number of fused-ring (bicyclic) bond motifs is 1. The lowest BCUT2D eigenvalue weighted by Gasteiger charge is -2.14. The number of amides is 2. The molecule has 0 bridgehead atoms. The molecule has 1 fully saturated rings. The molecular weight excluding hydrogens is 278 g/mol. The first-order chi connectivity index (χ1) is 9.63. The lowest BCUT2D eigenvalue weighted by molar-refractivity contribution is -0.137. The molecule has 0 radical (unpaired) electrons. The zero-order chi connectivity index (χ0) is 14.3. The number of nitrogens with zero attached hydrogens (tertiary/aromatic N) is 3. The zero-order valence-corrected chi connectivity index (χ0v) is 11.8. The van der Waals surface area contributed by atoms with Crippen molar-refractivity contribution in [2.75, 3.05) is 12.9 Å². The van der Waals surface area contributed by atoms with E-state index < -0.39 is 6.04 Å². The Morgan fingerprint density at radius 3 is 2.75 bits per heavy atom. The summed E-state index contributed by atoms with van der Waals surface area (Å²) in [5, 5.41) is 0. The maximum absolute atomic E-state index is 12.2. The Hall–Kier alpha value is -1.88. The SMILES string of the molecule is CN1C(=O)CC(n2c(CCCl)nc3ccccc32)C1=O. The van der Waals surface area contributed by atoms with E-state index in [1.165, 1.54) is 11.9 Å². The Morgan fingerprint density at radius 2 is 2.10 bits per heavy atom. The van der Waals surface area contributed by atoms with Gasteiger partial charge in [-0.3, -0.25) is 14.5 Å². The number of carbonyl (C=O) groups excluding carboxylic acids is 2. The molecule has 0 saturated carbocycles. The summed E-state index contributed by atoms with van der Waals surface area (Å²) >= 11 is 5.82. The van der Waals surface area contributed by atoms with Gasteiger partial charge in [0.05, 0.1) is 17.5 Å². The third-order valence-corrected chi connectivity index (χ3v) is 3.85. The number of likely N-dealkylation sites (N-methyl/N-ethyl adjacent to an activating group) is 1. The van der Waals surface area contributed by atoms with E-state index in [1.807, 2.05) is 28.8 Å². The number of aryl methyl sites for hydroxylation is 1. The lowest BCUT2D eigenvalue weighted by atomic mass is 10.2. The second-order valence-electron chi connectivity index (χ2n) is 4.84. The number of benzene rings is 1. The Balaban J connectivity index is 2.16. The van der Waals surface area contributed by atoms with Crippen LogP contribution in [0, 0.1) is 0 Å². The van der Waals surface area contributed by atoms with Gasteiger partial charge < -0.3 is 4.57 Å². The van der Waals surface area contributed by atoms with Crippen LogP contribution in [-0.2, 0) is 16.0 Å². The second kappa shape index (κ2) is 4.90. The summed E-state index contributed by atoms with van der Waals surface area (Å²) in [5.41, 5.74) is 1.69. The van der Waals surface area contributed by atoms with Gasteiger partial charge in [-0.05, 0) is 12.1 Å². The van der Waals surface area contributed by atoms with Crippen molar-refractivity contribution in [2.45, 2.75) is 18.9 Å². The number of likely N-dealkylation sites (tertiary alicyclic amines) is 1. The first-order valence-electron chi connectivity index (χ1n) is 6.45. The van der Waals surface area contributed by atoms with Gasteiger partial charge in [-0.1, -0.05) is 12.1 Å². The molecule has 0 spiro atoms. The van der Waals surface area contributed by atoms with Gasteiger partial charge in [0.25, 0.3) is 5.91 Å². The van der Waals surface area contributed by atoms with E-state index in [1.54, 1.807) is 0 Å². The fourth-order valence-corrected chi connectivity index (χ4v) is 2.81. The van der Waals surface area contributed by atoms with Crippen LogP contribution in [0.1, 0.15) is 18.3 Å². The Labute approximate surface area is 121 Å². The van der Waals surface area contributed by atoms with E-state index in [0.717, 1.165) is 16.9 Å². The van der Waals surface area contributed by atoms with Crippen molar-refractivity contribution in [3.05, 3.63) is 30.1 Å². The Bertz CT molecular complexity index is 695. The number of rotatable bonds is 3. The molecule has 6 heteroatoms. The smallest absolute Gasteiger partial charge is 0.252 e. The van der Waals surface area contributed by atoms with Crippen LogP contribution in [0.5, 0.6) is 0 Å². The molecule has 1 atom stereocenters. The molecule has 104 valence electrons. The van der Waals surface area contributed by atoms with E-state index in [0.29, 0.717) is 12.3 Å². The lowest BCUT2D eigenvalue weighted by Crippen LogP contribution is -2.27. The maximum atomic E-state index is 12.2. The number of hydrogen-bond donors (Lipinski definition) is 0. The van der Waals surface area contributed by atoms with Crippen molar-refractivity contribution >= 4 is 34.4 Å². The van der Waals surface area contributed by atoms with E-state index in [9.17, 15) is 9.59 Å². The highest BCUT2D eigenvalue weighted by Crippen LogP contribution is 2.29. The molecule has 1 unspecified atom stereocenters. The molecule has 2 aromatic rings. The molecule has 1 aliphatic rings. The third-order valence-electron chi connectivity index (χ3n) is 3.66. The van der Waals surface area contributed by atoms with Crippen LogP contribution in [0.4, 0.5) is 0 Å². The molecule has 1 aromatic carbocycles. The van der Waals surface area contributed by atoms with Crippen LogP contribution in [0.15, 0.2) is 24.3 Å². The van der Waals surface area contributed by atoms with Crippen LogP contribution in [0.25, 0.3) is 11.0 Å². The number of imidazole rings is 1. The average molecular weight is 292 g/mol. The molecule has 1 aliphatic heterocycles. The number of halogens is 1. The van der Waals surface area contributed by atoms with Crippen LogP contribution in [0.3, 0.4) is 0 Å². The first-order valence-corrected chi connectivity index (χ1v) is 6.99. The van der Waals surface area contributed by atoms with Gasteiger partial charge in [-0.25, -0.2) is 4.98 Å². The minimum absolute atomic E-state index is 0.158. The number of carbonyl (C=O) groups is 2. The van der Waals surface area contributed by atoms with Gasteiger partial charge in [0.2, 0.25) is 5.91 Å². The van der Waals surface area contributed by atoms with Gasteiger partial charge in [-0.2, -0.15) is 0 Å². The number of hydrogen-bond acceptors (Lipinski definition) is 3. The van der Waals surface area contributed by atoms with E-state index in [2.05, 4.69) is 4.98 Å². The van der Waals surface area contributed by atoms with Gasteiger partial charge in [0.15, 0.2) is 0 Å². The van der Waals surface area contributed by atoms with E-state index in [4.69, 9.17) is 11.6 Å². The molecule has 2 amide bonds. The highest BCUT2D eigenvalue weighted by Gasteiger charge is 2.38. The normalized spacial score (nSPS) is 19.3. The predicted octanol–water partition coefficient (Wildman–Crippen LogP) is 1.75. The maximum Gasteiger partial charge on any atom is 0.252 e. The van der Waals surface area contributed by atoms with Crippen molar-refractivity contribution in [2.24, 2.45) is 0 Å². The highest BCUT2D eigenvalue weighted by atomic mass is 35.5. The van der Waals surface area contributed by atoms with Gasteiger partial charge in [0, 0.05) is 19.3 Å². The van der Waals surface area contributed by atoms with Gasteiger partial charge in [0.1, 0.15) is 11.9 Å². The zero-order valence-electron chi connectivity index (χ0n) is 11.0. The molecule has 3 rings (SSSR count). The van der Waals surface area contributed by atoms with E-state index >= 15 is 0 Å². The summed E-state index contributed by atoms with van der Waals surface area (Å²) < 4.78 is 1.86. The largest absolute Gasteiger partial charge is 0.315 e. The minimum atomic E-state index is -0.502. The summed E-state index contributed by atoms with van der Waals surface area (Å²) in [5.74, 6) is 0.833. The minimum Gasteiger partial charge on any atom is -0.315 e. The van der Waals surface area contributed by atoms with Crippen molar-refractivity contribution in [3.63, 3.8) is 0 Å². The van der Waals surface area contributed by atoms with Crippen molar-refractivity contribution < 1.29 is 9.59 Å². The number of alkyl halides is 1. The van der Waals surface area contributed by atoms with Crippen molar-refractivity contribution in [1.82, 2.24) is 14.5 Å². The molecule has 1 aromatic heterocycles. The summed E-state index contributed by atoms with van der Waals surface area (Å²) in [7, 11) is 1.52. The fraction of sp³-hybridized carbons (Fsp3) is 0.357. The molecule has 0 N–H and O–H groups in total. The van der Waals surface area contributed by atoms with E-state index in [-0.39, 0.29) is 18.2 Å². The first kappa shape index (κ1) is 13.1. The number of para-hydroxylation sites is 2. The van der Waals surface area contributed by atoms with Crippen LogP contribution in [-0.4, -0.2) is 39.2 Å². The summed E-state index contributed by atoms with van der Waals surface area (Å²) in [4.78, 5) is 29.7. The fourth-order valence-electron chi connectivity index (χ4n) is 2.64. The highest BCUT2D eigenvalue weighted by molar-refractivity contribution is 6.18. The van der Waals surface area contributed by atoms with Crippen LogP contribution in [0.2, 0.25) is 0 Å². The molecular formula is C14H14ClN3O2. The summed E-state index contributed by atoms with van der Waals surface area (Å²) in [6, 6.07) is 7.11. The molecule has 1 saturated heterocycles. The third kappa shape index (κ3) is 1.89. The average Bonchev–Trinajstić information content (AvgIpc) is 2.92. The molecule has 20 heavy (non-hydrogen) atoms. The van der Waals surface area contributed by atoms with Crippen LogP contribution >= 0.6 is 11.6 Å². The molecule has 0 aliphatic carbocycles. The summed E-state index contributed by atoms with van der Waals surface area (Å²) in [6.45, 7) is 0. The second-order valence-corrected chi connectivity index (χ2v) is 5.21. The summed E-state index contributed by atoms with van der Waals surface area (Å²) in [6.07, 6.45) is 0.753. The quantitative estimate of drug-likeness (QED) is 0.639.